The van der Waals surface area contributed by atoms with Gasteiger partial charge in [-0.1, -0.05) is 19.3 Å². The van der Waals surface area contributed by atoms with Crippen molar-refractivity contribution < 1.29 is 9.53 Å². The summed E-state index contributed by atoms with van der Waals surface area (Å²) in [6.07, 6.45) is 7.54. The Balaban J connectivity index is 1.28. The maximum absolute atomic E-state index is 12.7. The molecule has 1 saturated carbocycles. The number of methoxy groups -OCH3 is 1. The molecule has 1 N–H and O–H groups in total. The first-order chi connectivity index (χ1) is 15.7. The summed E-state index contributed by atoms with van der Waals surface area (Å²) >= 11 is 1.43. The molecule has 2 amide bonds. The van der Waals surface area contributed by atoms with E-state index >= 15 is 0 Å². The highest BCUT2D eigenvalue weighted by Gasteiger charge is 2.26. The van der Waals surface area contributed by atoms with Gasteiger partial charge in [-0.3, -0.25) is 0 Å². The number of ether oxygens (including phenoxy) is 1. The summed E-state index contributed by atoms with van der Waals surface area (Å²) < 4.78 is 10.9. The molecule has 5 rings (SSSR count). The average molecular weight is 453 g/mol. The summed E-state index contributed by atoms with van der Waals surface area (Å²) in [5.41, 5.74) is 2.73. The normalized spacial score (nSPS) is 17.5. The summed E-state index contributed by atoms with van der Waals surface area (Å²) in [4.78, 5) is 26.0. The van der Waals surface area contributed by atoms with E-state index in [-0.39, 0.29) is 6.03 Å². The number of piperazine rings is 1. The molecule has 2 aliphatic rings. The summed E-state index contributed by atoms with van der Waals surface area (Å²) in [6, 6.07) is 8.27. The van der Waals surface area contributed by atoms with Gasteiger partial charge in [-0.05, 0) is 48.6 Å². The highest BCUT2D eigenvalue weighted by Crippen LogP contribution is 2.35. The highest BCUT2D eigenvalue weighted by molar-refractivity contribution is 7.14. The molecule has 0 bridgehead atoms. The van der Waals surface area contributed by atoms with Gasteiger partial charge in [0.1, 0.15) is 28.0 Å². The van der Waals surface area contributed by atoms with Crippen molar-refractivity contribution in [2.45, 2.75) is 38.1 Å². The zero-order valence-corrected chi connectivity index (χ0v) is 19.1. The Morgan fingerprint density at radius 3 is 2.53 bits per heavy atom. The molecule has 1 aliphatic heterocycles. The zero-order valence-electron chi connectivity index (χ0n) is 18.3. The van der Waals surface area contributed by atoms with E-state index in [0.29, 0.717) is 19.1 Å². The van der Waals surface area contributed by atoms with Crippen LogP contribution >= 0.6 is 11.5 Å². The van der Waals surface area contributed by atoms with E-state index in [9.17, 15) is 4.79 Å². The van der Waals surface area contributed by atoms with Crippen LogP contribution in [0.15, 0.2) is 30.6 Å². The van der Waals surface area contributed by atoms with Gasteiger partial charge >= 0.3 is 6.03 Å². The minimum absolute atomic E-state index is 0.0731. The molecule has 0 atom stereocenters. The zero-order chi connectivity index (χ0) is 21.9. The molecule has 3 aromatic rings. The molecule has 0 unspecified atom stereocenters. The molecule has 2 fully saturated rings. The van der Waals surface area contributed by atoms with Crippen molar-refractivity contribution in [2.75, 3.05) is 38.2 Å². The van der Waals surface area contributed by atoms with Crippen LogP contribution in [-0.2, 0) is 0 Å². The van der Waals surface area contributed by atoms with E-state index in [1.807, 2.05) is 29.2 Å². The topological polar surface area (TPSA) is 83.5 Å². The first kappa shape index (κ1) is 20.9. The number of nitrogens with zero attached hydrogens (tertiary/aromatic N) is 5. The van der Waals surface area contributed by atoms with E-state index in [4.69, 9.17) is 4.74 Å². The summed E-state index contributed by atoms with van der Waals surface area (Å²) in [5.74, 6) is 1.72. The molecule has 32 heavy (non-hydrogen) atoms. The Morgan fingerprint density at radius 1 is 1.06 bits per heavy atom. The molecular weight excluding hydrogens is 424 g/mol. The molecule has 0 radical (unpaired) electrons. The van der Waals surface area contributed by atoms with E-state index in [0.717, 1.165) is 59.0 Å². The Hall–Kier alpha value is -2.94. The van der Waals surface area contributed by atoms with Gasteiger partial charge in [-0.15, -0.1) is 0 Å². The molecule has 1 aliphatic carbocycles. The number of hydrogen-bond acceptors (Lipinski definition) is 7. The average Bonchev–Trinajstić information content (AvgIpc) is 3.29. The van der Waals surface area contributed by atoms with Crippen molar-refractivity contribution in [1.82, 2.24) is 24.6 Å². The first-order valence-electron chi connectivity index (χ1n) is 11.3. The van der Waals surface area contributed by atoms with Gasteiger partial charge in [0, 0.05) is 37.8 Å². The smallest absolute Gasteiger partial charge is 0.317 e. The van der Waals surface area contributed by atoms with Gasteiger partial charge in [0.2, 0.25) is 0 Å². The van der Waals surface area contributed by atoms with Gasteiger partial charge < -0.3 is 19.9 Å². The number of carbonyl (C=O) groups is 1. The quantitative estimate of drug-likeness (QED) is 0.646. The Bertz CT molecular complexity index is 1070. The van der Waals surface area contributed by atoms with Gasteiger partial charge in [0.25, 0.3) is 0 Å². The van der Waals surface area contributed by atoms with Crippen LogP contribution in [0.25, 0.3) is 21.5 Å². The van der Waals surface area contributed by atoms with Crippen molar-refractivity contribution in [3.63, 3.8) is 0 Å². The Labute approximate surface area is 191 Å². The SMILES string of the molecule is COc1ccc(-c2nsc3c(N4CCN(C(=O)NC5CCCCC5)CC4)ncnc23)cc1. The monoisotopic (exact) mass is 452 g/mol. The second kappa shape index (κ2) is 9.28. The number of rotatable bonds is 4. The Kier molecular flexibility index (Phi) is 6.07. The maximum Gasteiger partial charge on any atom is 0.317 e. The summed E-state index contributed by atoms with van der Waals surface area (Å²) in [5, 5.41) is 3.23. The summed E-state index contributed by atoms with van der Waals surface area (Å²) in [7, 11) is 1.66. The fourth-order valence-electron chi connectivity index (χ4n) is 4.55. The lowest BCUT2D eigenvalue weighted by molar-refractivity contribution is 0.186. The fraction of sp³-hybridized carbons (Fsp3) is 0.478. The van der Waals surface area contributed by atoms with Crippen molar-refractivity contribution >= 4 is 33.6 Å². The molecule has 9 heteroatoms. The van der Waals surface area contributed by atoms with Crippen molar-refractivity contribution in [1.29, 1.82) is 0 Å². The van der Waals surface area contributed by atoms with Crippen molar-refractivity contribution in [3.05, 3.63) is 30.6 Å². The second-order valence-corrected chi connectivity index (χ2v) is 9.17. The van der Waals surface area contributed by atoms with Crippen LogP contribution < -0.4 is 15.0 Å². The number of hydrogen-bond donors (Lipinski definition) is 1. The second-order valence-electron chi connectivity index (χ2n) is 8.39. The molecule has 1 aromatic carbocycles. The molecular formula is C23H28N6O2S. The van der Waals surface area contributed by atoms with Gasteiger partial charge in [-0.2, -0.15) is 4.37 Å². The Morgan fingerprint density at radius 2 is 1.81 bits per heavy atom. The first-order valence-corrected chi connectivity index (χ1v) is 12.1. The number of benzene rings is 1. The number of fused-ring (bicyclic) bond motifs is 1. The molecule has 2 aromatic heterocycles. The molecule has 3 heterocycles. The number of anilines is 1. The van der Waals surface area contributed by atoms with Gasteiger partial charge in [-0.25, -0.2) is 14.8 Å². The van der Waals surface area contributed by atoms with Crippen LogP contribution in [0.5, 0.6) is 5.75 Å². The van der Waals surface area contributed by atoms with Crippen LogP contribution in [-0.4, -0.2) is 64.6 Å². The lowest BCUT2D eigenvalue weighted by Gasteiger charge is -2.36. The molecule has 0 spiro atoms. The lowest BCUT2D eigenvalue weighted by atomic mass is 9.96. The summed E-state index contributed by atoms with van der Waals surface area (Å²) in [6.45, 7) is 2.88. The van der Waals surface area contributed by atoms with Crippen LogP contribution in [0.1, 0.15) is 32.1 Å². The highest BCUT2D eigenvalue weighted by atomic mass is 32.1. The third kappa shape index (κ3) is 4.21. The van der Waals surface area contributed by atoms with Crippen molar-refractivity contribution in [3.8, 4) is 17.0 Å². The maximum atomic E-state index is 12.7. The van der Waals surface area contributed by atoms with Crippen LogP contribution in [0.4, 0.5) is 10.6 Å². The van der Waals surface area contributed by atoms with Gasteiger partial charge in [0.15, 0.2) is 5.82 Å². The van der Waals surface area contributed by atoms with Gasteiger partial charge in [0.05, 0.1) is 7.11 Å². The molecule has 8 nitrogen and oxygen atoms in total. The molecule has 1 saturated heterocycles. The predicted octanol–water partition coefficient (Wildman–Crippen LogP) is 3.93. The standard InChI is InChI=1S/C23H28N6O2S/c1-31-18-9-7-16(8-10-18)19-20-21(32-27-19)22(25-15-24-20)28-11-13-29(14-12-28)23(30)26-17-5-3-2-4-6-17/h7-10,15,17H,2-6,11-14H2,1H3,(H,26,30). The minimum Gasteiger partial charge on any atom is -0.497 e. The number of urea groups is 1. The lowest BCUT2D eigenvalue weighted by Crippen LogP contribution is -2.53. The largest absolute Gasteiger partial charge is 0.497 e. The predicted molar refractivity (Wildman–Crippen MR) is 126 cm³/mol. The number of nitrogens with one attached hydrogen (secondary N) is 1. The van der Waals surface area contributed by atoms with E-state index in [1.165, 1.54) is 30.8 Å². The van der Waals surface area contributed by atoms with E-state index < -0.39 is 0 Å². The number of amides is 2. The third-order valence-electron chi connectivity index (χ3n) is 6.40. The van der Waals surface area contributed by atoms with Crippen LogP contribution in [0.2, 0.25) is 0 Å². The third-order valence-corrected chi connectivity index (χ3v) is 7.23. The minimum atomic E-state index is 0.0731. The number of carbonyl (C=O) groups excluding carboxylic acids is 1. The van der Waals surface area contributed by atoms with Crippen LogP contribution in [0.3, 0.4) is 0 Å². The van der Waals surface area contributed by atoms with Crippen molar-refractivity contribution in [2.24, 2.45) is 0 Å². The van der Waals surface area contributed by atoms with E-state index in [2.05, 4.69) is 24.6 Å². The van der Waals surface area contributed by atoms with Crippen LogP contribution in [0, 0.1) is 0 Å². The fourth-order valence-corrected chi connectivity index (χ4v) is 5.42. The number of aromatic nitrogens is 3. The van der Waals surface area contributed by atoms with E-state index in [1.54, 1.807) is 13.4 Å². The molecule has 168 valence electrons.